The van der Waals surface area contributed by atoms with Gasteiger partial charge < -0.3 is 14.2 Å². The van der Waals surface area contributed by atoms with Crippen molar-refractivity contribution in [3.05, 3.63) is 47.2 Å². The van der Waals surface area contributed by atoms with Crippen molar-refractivity contribution in [2.75, 3.05) is 19.8 Å². The highest BCUT2D eigenvalue weighted by Crippen LogP contribution is 2.38. The predicted octanol–water partition coefficient (Wildman–Crippen LogP) is 4.22. The Hall–Kier alpha value is -2.40. The molecule has 1 unspecified atom stereocenters. The molecule has 2 aliphatic heterocycles. The van der Waals surface area contributed by atoms with Gasteiger partial charge in [0, 0.05) is 52.9 Å². The molecule has 5 heteroatoms. The van der Waals surface area contributed by atoms with Crippen molar-refractivity contribution in [2.45, 2.75) is 57.7 Å². The molecule has 156 valence electrons. The fraction of sp³-hybridized carbons (Fsp3) is 0.520. The summed E-state index contributed by atoms with van der Waals surface area (Å²) in [5.74, 6) is 0.211. The number of hydrogen-bond acceptors (Lipinski definition) is 3. The van der Waals surface area contributed by atoms with E-state index in [1.165, 1.54) is 11.1 Å². The first-order valence-electron chi connectivity index (χ1n) is 11.3. The third-order valence-corrected chi connectivity index (χ3v) is 7.28. The van der Waals surface area contributed by atoms with Crippen molar-refractivity contribution in [1.82, 2.24) is 9.47 Å². The van der Waals surface area contributed by atoms with E-state index in [2.05, 4.69) is 39.7 Å². The highest BCUT2D eigenvalue weighted by molar-refractivity contribution is 6.07. The zero-order valence-electron chi connectivity index (χ0n) is 17.6. The van der Waals surface area contributed by atoms with Gasteiger partial charge in [-0.1, -0.05) is 13.0 Å². The molecule has 0 N–H and O–H groups in total. The average Bonchev–Trinajstić information content (AvgIpc) is 3.30. The lowest BCUT2D eigenvalue weighted by molar-refractivity contribution is -0.109. The molecule has 3 heterocycles. The van der Waals surface area contributed by atoms with Crippen LogP contribution in [0.25, 0.3) is 10.9 Å². The van der Waals surface area contributed by atoms with Crippen molar-refractivity contribution in [1.29, 1.82) is 0 Å². The largest absolute Gasteiger partial charge is 0.380 e. The molecule has 2 aliphatic carbocycles. The van der Waals surface area contributed by atoms with E-state index in [1.54, 1.807) is 0 Å². The molecule has 1 aromatic heterocycles. The highest BCUT2D eigenvalue weighted by atomic mass is 16.5. The fourth-order valence-electron chi connectivity index (χ4n) is 5.45. The van der Waals surface area contributed by atoms with Gasteiger partial charge in [0.15, 0.2) is 0 Å². The minimum atomic E-state index is 0.197. The van der Waals surface area contributed by atoms with Crippen LogP contribution >= 0.6 is 0 Å². The van der Waals surface area contributed by atoms with Crippen LogP contribution in [0.2, 0.25) is 0 Å². The molecule has 1 saturated carbocycles. The lowest BCUT2D eigenvalue weighted by Crippen LogP contribution is -2.43. The van der Waals surface area contributed by atoms with Crippen molar-refractivity contribution in [3.8, 4) is 0 Å². The van der Waals surface area contributed by atoms with E-state index in [0.29, 0.717) is 12.1 Å². The first-order valence-corrected chi connectivity index (χ1v) is 11.3. The van der Waals surface area contributed by atoms with Crippen molar-refractivity contribution in [3.63, 3.8) is 0 Å². The van der Waals surface area contributed by atoms with Crippen LogP contribution in [0.5, 0.6) is 0 Å². The summed E-state index contributed by atoms with van der Waals surface area (Å²) >= 11 is 0. The van der Waals surface area contributed by atoms with Crippen molar-refractivity contribution >= 4 is 23.0 Å². The molecule has 1 aromatic carbocycles. The molecule has 0 bridgehead atoms. The number of benzene rings is 1. The van der Waals surface area contributed by atoms with Gasteiger partial charge in [-0.25, -0.2) is 0 Å². The molecule has 1 saturated heterocycles. The number of rotatable bonds is 5. The van der Waals surface area contributed by atoms with E-state index in [1.807, 2.05) is 18.3 Å². The highest BCUT2D eigenvalue weighted by Gasteiger charge is 2.40. The lowest BCUT2D eigenvalue weighted by atomic mass is 9.88. The van der Waals surface area contributed by atoms with E-state index in [4.69, 9.17) is 4.74 Å². The monoisotopic (exact) mass is 403 g/mol. The first-order chi connectivity index (χ1) is 14.6. The molecule has 0 spiro atoms. The molecule has 2 fully saturated rings. The maximum atomic E-state index is 13.8. The second-order valence-electron chi connectivity index (χ2n) is 9.92. The van der Waals surface area contributed by atoms with Crippen molar-refractivity contribution < 1.29 is 9.53 Å². The summed E-state index contributed by atoms with van der Waals surface area (Å²) in [7, 11) is 0. The van der Waals surface area contributed by atoms with Gasteiger partial charge in [-0.3, -0.25) is 9.79 Å². The Morgan fingerprint density at radius 1 is 1.23 bits per heavy atom. The standard InChI is InChI=1S/C25H29N3O2/c1-25(15-30-16-25)14-27-10-9-21-22(3-2-4-23(21)27)24(29)28(19-7-8-19)20-6-5-17-12-26-13-18(17)11-20/h2-4,9-10,13,19-20H,5-8,11-12,14-16H2,1H3. The summed E-state index contributed by atoms with van der Waals surface area (Å²) in [5.41, 5.74) is 5.07. The second-order valence-corrected chi connectivity index (χ2v) is 9.92. The molecule has 0 radical (unpaired) electrons. The van der Waals surface area contributed by atoms with Crippen molar-refractivity contribution in [2.24, 2.45) is 10.4 Å². The number of aliphatic imine (C=N–C) groups is 1. The Labute approximate surface area is 177 Å². The SMILES string of the molecule is CC1(Cn2ccc3c(C(=O)N(C4CC4)C4CCC5=C(C=NC5)C4)cccc32)COC1. The summed E-state index contributed by atoms with van der Waals surface area (Å²) in [6, 6.07) is 9.04. The van der Waals surface area contributed by atoms with E-state index >= 15 is 0 Å². The van der Waals surface area contributed by atoms with Gasteiger partial charge in [-0.2, -0.15) is 0 Å². The fourth-order valence-corrected chi connectivity index (χ4v) is 5.45. The van der Waals surface area contributed by atoms with Gasteiger partial charge in [-0.05, 0) is 61.4 Å². The quantitative estimate of drug-likeness (QED) is 0.751. The second kappa shape index (κ2) is 6.81. The van der Waals surface area contributed by atoms with Crippen LogP contribution in [0.15, 0.2) is 46.6 Å². The van der Waals surface area contributed by atoms with E-state index in [-0.39, 0.29) is 11.3 Å². The summed E-state index contributed by atoms with van der Waals surface area (Å²) in [6.07, 6.45) is 9.57. The van der Waals surface area contributed by atoms with Crippen LogP contribution in [-0.4, -0.2) is 53.4 Å². The Balaban J connectivity index is 1.31. The Bertz CT molecular complexity index is 1070. The maximum absolute atomic E-state index is 13.8. The van der Waals surface area contributed by atoms with Crippen LogP contribution in [0, 0.1) is 5.41 Å². The smallest absolute Gasteiger partial charge is 0.255 e. The molecule has 2 aromatic rings. The number of hydrogen-bond donors (Lipinski definition) is 0. The van der Waals surface area contributed by atoms with E-state index < -0.39 is 0 Å². The Morgan fingerprint density at radius 2 is 2.10 bits per heavy atom. The van der Waals surface area contributed by atoms with Crippen LogP contribution in [0.1, 0.15) is 49.4 Å². The molecule has 1 amide bonds. The third kappa shape index (κ3) is 3.02. The van der Waals surface area contributed by atoms with Gasteiger partial charge in [0.1, 0.15) is 0 Å². The predicted molar refractivity (Wildman–Crippen MR) is 118 cm³/mol. The topological polar surface area (TPSA) is 46.8 Å². The molecule has 30 heavy (non-hydrogen) atoms. The van der Waals surface area contributed by atoms with Gasteiger partial charge in [-0.15, -0.1) is 0 Å². The third-order valence-electron chi connectivity index (χ3n) is 7.28. The number of ether oxygens (including phenoxy) is 1. The first kappa shape index (κ1) is 18.4. The molecule has 1 atom stereocenters. The van der Waals surface area contributed by atoms with Crippen LogP contribution in [-0.2, 0) is 11.3 Å². The lowest BCUT2D eigenvalue weighted by Gasteiger charge is -2.38. The van der Waals surface area contributed by atoms with Gasteiger partial charge in [0.25, 0.3) is 5.91 Å². The van der Waals surface area contributed by atoms with E-state index in [9.17, 15) is 4.79 Å². The number of amides is 1. The molecule has 4 aliphatic rings. The summed E-state index contributed by atoms with van der Waals surface area (Å²) in [6.45, 7) is 5.69. The Morgan fingerprint density at radius 3 is 2.87 bits per heavy atom. The number of aromatic nitrogens is 1. The number of carbonyl (C=O) groups excluding carboxylic acids is 1. The Kier molecular flexibility index (Phi) is 4.17. The minimum absolute atomic E-state index is 0.197. The average molecular weight is 404 g/mol. The van der Waals surface area contributed by atoms with Crippen LogP contribution in [0.4, 0.5) is 0 Å². The van der Waals surface area contributed by atoms with Gasteiger partial charge in [0.2, 0.25) is 0 Å². The zero-order valence-corrected chi connectivity index (χ0v) is 17.6. The van der Waals surface area contributed by atoms with E-state index in [0.717, 1.165) is 74.9 Å². The molecule has 6 rings (SSSR count). The van der Waals surface area contributed by atoms with Crippen LogP contribution < -0.4 is 0 Å². The van der Waals surface area contributed by atoms with Gasteiger partial charge in [0.05, 0.1) is 19.8 Å². The van der Waals surface area contributed by atoms with Gasteiger partial charge >= 0.3 is 0 Å². The number of fused-ring (bicyclic) bond motifs is 1. The minimum Gasteiger partial charge on any atom is -0.380 e. The number of nitrogens with zero attached hydrogens (tertiary/aromatic N) is 3. The summed E-state index contributed by atoms with van der Waals surface area (Å²) in [4.78, 5) is 20.5. The summed E-state index contributed by atoms with van der Waals surface area (Å²) < 4.78 is 7.73. The molecular weight excluding hydrogens is 374 g/mol. The normalized spacial score (nSPS) is 24.8. The zero-order chi connectivity index (χ0) is 20.3. The molecule has 5 nitrogen and oxygen atoms in total. The summed E-state index contributed by atoms with van der Waals surface area (Å²) in [5, 5.41) is 1.08. The number of carbonyl (C=O) groups is 1. The van der Waals surface area contributed by atoms with Crippen LogP contribution in [0.3, 0.4) is 0 Å². The maximum Gasteiger partial charge on any atom is 0.255 e. The molecular formula is C25H29N3O2.